The van der Waals surface area contributed by atoms with Crippen LogP contribution in [0, 0.1) is 15.3 Å². The van der Waals surface area contributed by atoms with E-state index in [0.29, 0.717) is 0 Å². The second kappa shape index (κ2) is 19.7. The SMILES string of the molecule is F.N.N.O=[N+]([O-])[O-].[H+]. The standard InChI is InChI=1S/FH.NO3.2H3N/c;2-1(3)4;;/h1H;;2*1H3/q;-1;;/p+1. The summed E-state index contributed by atoms with van der Waals surface area (Å²) in [4.78, 5) is 8.25. The van der Waals surface area contributed by atoms with Gasteiger partial charge in [-0.1, -0.05) is 0 Å². The molecule has 7 heteroatoms. The molecular formula is H8FN3O3. The molecule has 0 amide bonds. The van der Waals surface area contributed by atoms with Gasteiger partial charge in [0.25, 0.3) is 0 Å². The van der Waals surface area contributed by atoms with E-state index in [-0.39, 0.29) is 18.4 Å². The molecule has 0 aliphatic heterocycles. The molecule has 0 aromatic heterocycles. The summed E-state index contributed by atoms with van der Waals surface area (Å²) in [5.74, 6) is 0. The van der Waals surface area contributed by atoms with Crippen LogP contribution in [-0.2, 0) is 0 Å². The van der Waals surface area contributed by atoms with Gasteiger partial charge in [0.05, 0.1) is 5.09 Å². The Morgan fingerprint density at radius 3 is 1.29 bits per heavy atom. The second-order valence-corrected chi connectivity index (χ2v) is 0.224. The van der Waals surface area contributed by atoms with Crippen LogP contribution < -0.4 is 12.3 Å². The van der Waals surface area contributed by atoms with Gasteiger partial charge in [0.15, 0.2) is 0 Å². The molecule has 0 fully saturated rings. The van der Waals surface area contributed by atoms with E-state index in [1.165, 1.54) is 0 Å². The van der Waals surface area contributed by atoms with E-state index in [9.17, 15) is 0 Å². The second-order valence-electron chi connectivity index (χ2n) is 0.224. The van der Waals surface area contributed by atoms with Gasteiger partial charge in [0, 0.05) is 0 Å². The normalized spacial score (nSPS) is 3.43. The van der Waals surface area contributed by atoms with E-state index >= 15 is 0 Å². The first kappa shape index (κ1) is 36.7. The molecule has 0 aromatic carbocycles. The molecule has 0 unspecified atom stereocenters. The average Bonchev–Trinajstić information content (AvgIpc) is 0.811. The van der Waals surface area contributed by atoms with Crippen molar-refractivity contribution in [3.8, 4) is 0 Å². The third-order valence-corrected chi connectivity index (χ3v) is 0. The number of hydrogen-bond donors (Lipinski definition) is 2. The van der Waals surface area contributed by atoms with Gasteiger partial charge in [0.1, 0.15) is 0 Å². The van der Waals surface area contributed by atoms with Gasteiger partial charge < -0.3 is 27.6 Å². The summed E-state index contributed by atoms with van der Waals surface area (Å²) in [5, 5.41) is 14.8. The van der Waals surface area contributed by atoms with Gasteiger partial charge in [-0.05, 0) is 0 Å². The molecule has 0 bridgehead atoms. The summed E-state index contributed by atoms with van der Waals surface area (Å²) in [5.41, 5.74) is 0. The van der Waals surface area contributed by atoms with E-state index in [0.717, 1.165) is 0 Å². The van der Waals surface area contributed by atoms with Gasteiger partial charge in [-0.25, -0.2) is 0 Å². The van der Waals surface area contributed by atoms with Crippen LogP contribution in [0.1, 0.15) is 1.43 Å². The third kappa shape index (κ3) is 52.1. The monoisotopic (exact) mass is 117 g/mol. The first-order chi connectivity index (χ1) is 1.73. The lowest BCUT2D eigenvalue weighted by molar-refractivity contribution is -0.402. The van der Waals surface area contributed by atoms with Crippen LogP contribution in [0.5, 0.6) is 0 Å². The molecule has 0 aliphatic carbocycles. The van der Waals surface area contributed by atoms with Crippen molar-refractivity contribution in [1.82, 2.24) is 12.3 Å². The zero-order chi connectivity index (χ0) is 3.58. The maximum Gasteiger partial charge on any atom is 1.00 e. The molecule has 0 rings (SSSR count). The fourth-order valence-electron chi connectivity index (χ4n) is 0. The highest BCUT2D eigenvalue weighted by atomic mass is 19.0. The Kier molecular flexibility index (Phi) is 103. The molecule has 6 N–H and O–H groups in total. The Balaban J connectivity index is -0.00000000750. The Morgan fingerprint density at radius 1 is 1.29 bits per heavy atom. The van der Waals surface area contributed by atoms with Crippen molar-refractivity contribution in [1.29, 1.82) is 0 Å². The van der Waals surface area contributed by atoms with E-state index in [1.54, 1.807) is 0 Å². The summed E-state index contributed by atoms with van der Waals surface area (Å²) in [6.45, 7) is 0. The zero-order valence-corrected chi connectivity index (χ0v) is 3.49. The Labute approximate surface area is 40.3 Å². The van der Waals surface area contributed by atoms with Crippen LogP contribution in [0.2, 0.25) is 0 Å². The molecule has 48 valence electrons. The van der Waals surface area contributed by atoms with Crippen LogP contribution in [-0.4, -0.2) is 5.09 Å². The predicted octanol–water partition coefficient (Wildman–Crippen LogP) is 0.350. The predicted molar refractivity (Wildman–Crippen MR) is 24.0 cm³/mol. The summed E-state index contributed by atoms with van der Waals surface area (Å²) in [7, 11) is 0. The summed E-state index contributed by atoms with van der Waals surface area (Å²) in [6, 6.07) is 0. The minimum Gasteiger partial charge on any atom is -0.356 e. The summed E-state index contributed by atoms with van der Waals surface area (Å²) in [6.07, 6.45) is 0. The van der Waals surface area contributed by atoms with Crippen molar-refractivity contribution < 1.29 is 11.2 Å². The van der Waals surface area contributed by atoms with E-state index in [2.05, 4.69) is 0 Å². The third-order valence-electron chi connectivity index (χ3n) is 0. The molecule has 0 aromatic rings. The molecule has 0 aliphatic rings. The molecular weight excluding hydrogens is 109 g/mol. The van der Waals surface area contributed by atoms with Gasteiger partial charge in [-0.15, -0.1) is 0 Å². The maximum atomic E-state index is 8.25. The number of rotatable bonds is 0. The quantitative estimate of drug-likeness (QED) is 0.348. The minimum atomic E-state index is -1.75. The molecule has 6 nitrogen and oxygen atoms in total. The zero-order valence-electron chi connectivity index (χ0n) is 4.49. The van der Waals surface area contributed by atoms with E-state index in [1.807, 2.05) is 0 Å². The lowest BCUT2D eigenvalue weighted by Crippen LogP contribution is -1.74. The minimum absolute atomic E-state index is 0. The highest BCUT2D eigenvalue weighted by Crippen LogP contribution is 1.44. The smallest absolute Gasteiger partial charge is 0.356 e. The lowest BCUT2D eigenvalue weighted by Gasteiger charge is -1.74. The Hall–Kier alpha value is -0.950. The fraction of sp³-hybridized carbons (Fsp3) is 0. The lowest BCUT2D eigenvalue weighted by atomic mass is 13.1. The van der Waals surface area contributed by atoms with Crippen molar-refractivity contribution in [2.75, 3.05) is 0 Å². The Bertz CT molecular complexity index is 37.5. The molecule has 0 atom stereocenters. The molecule has 0 spiro atoms. The number of nitrogens with zero attached hydrogens (tertiary/aromatic N) is 1. The highest BCUT2D eigenvalue weighted by Gasteiger charge is 1.45. The topological polar surface area (TPSA) is 136 Å². The van der Waals surface area contributed by atoms with Gasteiger partial charge in [-0.2, -0.15) is 0 Å². The maximum absolute atomic E-state index is 8.25. The summed E-state index contributed by atoms with van der Waals surface area (Å²) >= 11 is 0. The van der Waals surface area contributed by atoms with E-state index < -0.39 is 5.09 Å². The van der Waals surface area contributed by atoms with Crippen LogP contribution in [0.3, 0.4) is 0 Å². The molecule has 7 heavy (non-hydrogen) atoms. The summed E-state index contributed by atoms with van der Waals surface area (Å²) < 4.78 is 0. The van der Waals surface area contributed by atoms with Crippen LogP contribution in [0.4, 0.5) is 4.70 Å². The van der Waals surface area contributed by atoms with Crippen molar-refractivity contribution in [3.63, 3.8) is 0 Å². The molecule has 0 radical (unpaired) electrons. The molecule has 0 saturated heterocycles. The Morgan fingerprint density at radius 2 is 1.29 bits per heavy atom. The van der Waals surface area contributed by atoms with Crippen molar-refractivity contribution in [2.45, 2.75) is 0 Å². The van der Waals surface area contributed by atoms with E-state index in [4.69, 9.17) is 15.3 Å². The van der Waals surface area contributed by atoms with Crippen molar-refractivity contribution in [3.05, 3.63) is 15.3 Å². The molecule has 0 heterocycles. The number of halogens is 1. The average molecular weight is 117 g/mol. The van der Waals surface area contributed by atoms with Crippen LogP contribution in [0.25, 0.3) is 0 Å². The van der Waals surface area contributed by atoms with Gasteiger partial charge in [0.2, 0.25) is 0 Å². The largest absolute Gasteiger partial charge is 1.00 e. The first-order valence-electron chi connectivity index (χ1n) is 0.548. The highest BCUT2D eigenvalue weighted by molar-refractivity contribution is 4.03. The first-order valence-corrected chi connectivity index (χ1v) is 0.548. The van der Waals surface area contributed by atoms with Crippen molar-refractivity contribution in [2.24, 2.45) is 0 Å². The molecule has 0 saturated carbocycles. The van der Waals surface area contributed by atoms with Gasteiger partial charge >= 0.3 is 1.43 Å². The van der Waals surface area contributed by atoms with Crippen LogP contribution in [0.15, 0.2) is 0 Å². The fourth-order valence-corrected chi connectivity index (χ4v) is 0. The van der Waals surface area contributed by atoms with Gasteiger partial charge in [-0.3, -0.25) is 4.70 Å². The van der Waals surface area contributed by atoms with Crippen molar-refractivity contribution >= 4 is 0 Å². The number of hydrogen-bond acceptors (Lipinski definition) is 5. The van der Waals surface area contributed by atoms with Crippen LogP contribution >= 0.6 is 0 Å².